The number of benzene rings is 1. The Morgan fingerprint density at radius 3 is 2.28 bits per heavy atom. The van der Waals surface area contributed by atoms with Gasteiger partial charge in [0.05, 0.1) is 5.69 Å². The second-order valence-electron chi connectivity index (χ2n) is 5.59. The molecule has 2 aromatic heterocycles. The van der Waals surface area contributed by atoms with Crippen LogP contribution in [0.2, 0.25) is 0 Å². The fraction of sp³-hybridized carbons (Fsp3) is 0.250. The van der Waals surface area contributed by atoms with E-state index in [-0.39, 0.29) is 0 Å². The van der Waals surface area contributed by atoms with Crippen LogP contribution in [0.3, 0.4) is 0 Å². The first-order valence-electron chi connectivity index (χ1n) is 7.93. The molecule has 0 N–H and O–H groups in total. The molecule has 9 nitrogen and oxygen atoms in total. The predicted molar refractivity (Wildman–Crippen MR) is 90.3 cm³/mol. The van der Waals surface area contributed by atoms with Crippen LogP contribution in [0.15, 0.2) is 42.5 Å². The molecule has 0 bridgehead atoms. The van der Waals surface area contributed by atoms with Crippen LogP contribution in [0, 0.1) is 11.3 Å². The third-order valence-electron chi connectivity index (χ3n) is 4.11. The van der Waals surface area contributed by atoms with Crippen LogP contribution in [0.25, 0.3) is 5.69 Å². The quantitative estimate of drug-likeness (QED) is 0.689. The van der Waals surface area contributed by atoms with Crippen molar-refractivity contribution in [1.82, 2.24) is 30.4 Å². The van der Waals surface area contributed by atoms with Crippen molar-refractivity contribution in [1.29, 1.82) is 5.26 Å². The minimum Gasteiger partial charge on any atom is -0.352 e. The van der Waals surface area contributed by atoms with Gasteiger partial charge in [0, 0.05) is 26.2 Å². The average molecular weight is 333 g/mol. The molecule has 1 saturated heterocycles. The summed E-state index contributed by atoms with van der Waals surface area (Å²) in [5.41, 5.74) is 1.26. The lowest BCUT2D eigenvalue weighted by Crippen LogP contribution is -2.47. The van der Waals surface area contributed by atoms with E-state index in [0.717, 1.165) is 43.6 Å². The Balaban J connectivity index is 1.48. The van der Waals surface area contributed by atoms with Crippen molar-refractivity contribution in [2.24, 2.45) is 0 Å². The largest absolute Gasteiger partial charge is 0.352 e. The summed E-state index contributed by atoms with van der Waals surface area (Å²) in [6.07, 6.45) is 0. The predicted octanol–water partition coefficient (Wildman–Crippen LogP) is 0.651. The summed E-state index contributed by atoms with van der Waals surface area (Å²) >= 11 is 0. The van der Waals surface area contributed by atoms with Gasteiger partial charge in [-0.15, -0.1) is 10.2 Å². The molecule has 1 aliphatic heterocycles. The summed E-state index contributed by atoms with van der Waals surface area (Å²) < 4.78 is 1.75. The molecule has 0 saturated carbocycles. The Morgan fingerprint density at radius 1 is 0.840 bits per heavy atom. The van der Waals surface area contributed by atoms with Gasteiger partial charge in [-0.05, 0) is 34.7 Å². The van der Waals surface area contributed by atoms with E-state index in [9.17, 15) is 0 Å². The molecule has 124 valence electrons. The van der Waals surface area contributed by atoms with Crippen LogP contribution in [0.1, 0.15) is 5.69 Å². The van der Waals surface area contributed by atoms with E-state index >= 15 is 0 Å². The first kappa shape index (κ1) is 15.0. The number of aromatic nitrogens is 6. The van der Waals surface area contributed by atoms with E-state index in [4.69, 9.17) is 5.26 Å². The standard InChI is InChI=1S/C16H15N9/c17-12-13-6-7-15(19-18-13)23-8-10-24(11-9-23)16-20-21-22-25(16)14-4-2-1-3-5-14/h1-7H,8-11H2. The summed E-state index contributed by atoms with van der Waals surface area (Å²) in [5, 5.41) is 28.9. The summed E-state index contributed by atoms with van der Waals surface area (Å²) in [6.45, 7) is 3.11. The van der Waals surface area contributed by atoms with Gasteiger partial charge in [0.15, 0.2) is 11.5 Å². The Kier molecular flexibility index (Phi) is 3.92. The fourth-order valence-electron chi connectivity index (χ4n) is 2.80. The molecular weight excluding hydrogens is 318 g/mol. The Hall–Kier alpha value is -3.54. The lowest BCUT2D eigenvalue weighted by Gasteiger charge is -2.35. The van der Waals surface area contributed by atoms with Gasteiger partial charge in [0.1, 0.15) is 6.07 Å². The van der Waals surface area contributed by atoms with Gasteiger partial charge in [-0.1, -0.05) is 23.3 Å². The summed E-state index contributed by atoms with van der Waals surface area (Å²) in [7, 11) is 0. The topological polar surface area (TPSA) is 99.7 Å². The highest BCUT2D eigenvalue weighted by Gasteiger charge is 2.23. The third-order valence-corrected chi connectivity index (χ3v) is 4.11. The monoisotopic (exact) mass is 333 g/mol. The number of para-hydroxylation sites is 1. The Labute approximate surface area is 144 Å². The lowest BCUT2D eigenvalue weighted by molar-refractivity contribution is 0.623. The maximum absolute atomic E-state index is 8.81. The molecule has 0 atom stereocenters. The molecule has 1 aliphatic rings. The Bertz CT molecular complexity index is 874. The van der Waals surface area contributed by atoms with E-state index in [0.29, 0.717) is 5.69 Å². The van der Waals surface area contributed by atoms with Gasteiger partial charge >= 0.3 is 0 Å². The first-order valence-corrected chi connectivity index (χ1v) is 7.93. The number of hydrogen-bond donors (Lipinski definition) is 0. The highest BCUT2D eigenvalue weighted by atomic mass is 15.6. The minimum atomic E-state index is 0.324. The molecule has 3 heterocycles. The van der Waals surface area contributed by atoms with E-state index < -0.39 is 0 Å². The summed E-state index contributed by atoms with van der Waals surface area (Å²) in [6, 6.07) is 15.3. The number of piperazine rings is 1. The van der Waals surface area contributed by atoms with Crippen molar-refractivity contribution >= 4 is 11.8 Å². The number of nitriles is 1. The molecule has 0 unspecified atom stereocenters. The molecule has 0 spiro atoms. The molecule has 3 aromatic rings. The molecule has 25 heavy (non-hydrogen) atoms. The number of hydrogen-bond acceptors (Lipinski definition) is 8. The molecule has 1 aromatic carbocycles. The van der Waals surface area contributed by atoms with Gasteiger partial charge in [0.25, 0.3) is 0 Å². The molecule has 0 aliphatic carbocycles. The molecule has 0 radical (unpaired) electrons. The smallest absolute Gasteiger partial charge is 0.250 e. The highest BCUT2D eigenvalue weighted by Crippen LogP contribution is 2.19. The van der Waals surface area contributed by atoms with Gasteiger partial charge < -0.3 is 9.80 Å². The Morgan fingerprint density at radius 2 is 1.60 bits per heavy atom. The van der Waals surface area contributed by atoms with Crippen LogP contribution < -0.4 is 9.80 Å². The second-order valence-corrected chi connectivity index (χ2v) is 5.59. The molecule has 9 heteroatoms. The summed E-state index contributed by atoms with van der Waals surface area (Å²) in [5.74, 6) is 1.51. The normalized spacial score (nSPS) is 14.4. The summed E-state index contributed by atoms with van der Waals surface area (Å²) in [4.78, 5) is 4.29. The zero-order valence-corrected chi connectivity index (χ0v) is 13.4. The number of nitrogens with zero attached hydrogens (tertiary/aromatic N) is 9. The zero-order valence-electron chi connectivity index (χ0n) is 13.4. The average Bonchev–Trinajstić information content (AvgIpc) is 3.19. The molecular formula is C16H15N9. The van der Waals surface area contributed by atoms with E-state index in [2.05, 4.69) is 35.5 Å². The van der Waals surface area contributed by atoms with E-state index in [1.807, 2.05) is 42.5 Å². The van der Waals surface area contributed by atoms with Crippen molar-refractivity contribution in [3.05, 3.63) is 48.2 Å². The minimum absolute atomic E-state index is 0.324. The van der Waals surface area contributed by atoms with Crippen LogP contribution in [0.4, 0.5) is 11.8 Å². The SMILES string of the molecule is N#Cc1ccc(N2CCN(c3nnnn3-c3ccccc3)CC2)nn1. The van der Waals surface area contributed by atoms with Crippen LogP contribution in [-0.4, -0.2) is 56.6 Å². The van der Waals surface area contributed by atoms with Gasteiger partial charge in [-0.3, -0.25) is 0 Å². The van der Waals surface area contributed by atoms with E-state index in [1.165, 1.54) is 0 Å². The number of tetrazole rings is 1. The van der Waals surface area contributed by atoms with Crippen molar-refractivity contribution in [3.8, 4) is 11.8 Å². The fourth-order valence-corrected chi connectivity index (χ4v) is 2.80. The highest BCUT2D eigenvalue weighted by molar-refractivity contribution is 5.45. The lowest BCUT2D eigenvalue weighted by atomic mass is 10.3. The maximum Gasteiger partial charge on any atom is 0.250 e. The molecule has 0 amide bonds. The zero-order chi connectivity index (χ0) is 17.1. The van der Waals surface area contributed by atoms with Crippen LogP contribution >= 0.6 is 0 Å². The second kappa shape index (κ2) is 6.52. The van der Waals surface area contributed by atoms with Crippen LogP contribution in [-0.2, 0) is 0 Å². The number of anilines is 2. The maximum atomic E-state index is 8.81. The number of rotatable bonds is 3. The van der Waals surface area contributed by atoms with Crippen molar-refractivity contribution < 1.29 is 0 Å². The van der Waals surface area contributed by atoms with Crippen molar-refractivity contribution in [2.45, 2.75) is 0 Å². The van der Waals surface area contributed by atoms with Crippen LogP contribution in [0.5, 0.6) is 0 Å². The van der Waals surface area contributed by atoms with Gasteiger partial charge in [-0.25, -0.2) is 0 Å². The van der Waals surface area contributed by atoms with Crippen molar-refractivity contribution in [2.75, 3.05) is 36.0 Å². The molecule has 4 rings (SSSR count). The molecule has 1 fully saturated rings. The third kappa shape index (κ3) is 2.97. The van der Waals surface area contributed by atoms with Gasteiger partial charge in [0.2, 0.25) is 5.95 Å². The van der Waals surface area contributed by atoms with Gasteiger partial charge in [-0.2, -0.15) is 9.94 Å². The van der Waals surface area contributed by atoms with Crippen molar-refractivity contribution in [3.63, 3.8) is 0 Å². The van der Waals surface area contributed by atoms with E-state index in [1.54, 1.807) is 10.7 Å². The first-order chi connectivity index (χ1) is 12.3.